The molecule has 25 heavy (non-hydrogen) atoms. The highest BCUT2D eigenvalue weighted by molar-refractivity contribution is 7.22. The maximum absolute atomic E-state index is 12.3. The van der Waals surface area contributed by atoms with Crippen LogP contribution in [-0.4, -0.2) is 25.2 Å². The topological polar surface area (TPSA) is 72.5 Å². The molecule has 0 aliphatic carbocycles. The van der Waals surface area contributed by atoms with E-state index in [0.717, 1.165) is 15.8 Å². The van der Waals surface area contributed by atoms with Crippen LogP contribution in [-0.2, 0) is 0 Å². The van der Waals surface area contributed by atoms with E-state index < -0.39 is 0 Å². The Kier molecular flexibility index (Phi) is 4.76. The van der Waals surface area contributed by atoms with Gasteiger partial charge in [-0.05, 0) is 43.2 Å². The number of thiazole rings is 1. The first-order valence-electron chi connectivity index (χ1n) is 7.68. The van der Waals surface area contributed by atoms with Crippen molar-refractivity contribution in [1.29, 1.82) is 0 Å². The predicted molar refractivity (Wildman–Crippen MR) is 101 cm³/mol. The highest BCUT2D eigenvalue weighted by atomic mass is 32.1. The van der Waals surface area contributed by atoms with Crippen molar-refractivity contribution in [3.05, 3.63) is 41.5 Å². The van der Waals surface area contributed by atoms with E-state index in [-0.39, 0.29) is 6.03 Å². The van der Waals surface area contributed by atoms with Gasteiger partial charge in [-0.1, -0.05) is 17.4 Å². The van der Waals surface area contributed by atoms with Gasteiger partial charge in [-0.2, -0.15) is 0 Å². The number of hydrogen-bond donors (Lipinski definition) is 2. The maximum atomic E-state index is 12.3. The van der Waals surface area contributed by atoms with Crippen LogP contribution in [0.25, 0.3) is 10.2 Å². The number of carbonyl (C=O) groups excluding carboxylic acids is 1. The second kappa shape index (κ2) is 6.98. The van der Waals surface area contributed by atoms with Crippen molar-refractivity contribution in [3.63, 3.8) is 0 Å². The van der Waals surface area contributed by atoms with E-state index in [1.807, 2.05) is 19.9 Å². The van der Waals surface area contributed by atoms with E-state index in [0.29, 0.717) is 22.3 Å². The Morgan fingerprint density at radius 1 is 1.08 bits per heavy atom. The summed E-state index contributed by atoms with van der Waals surface area (Å²) in [6.45, 7) is 4.07. The fraction of sp³-hybridized carbons (Fsp3) is 0.222. The number of amides is 2. The lowest BCUT2D eigenvalue weighted by molar-refractivity contribution is 0.262. The lowest BCUT2D eigenvalue weighted by atomic mass is 10.1. The fourth-order valence-electron chi connectivity index (χ4n) is 2.44. The number of nitrogens with one attached hydrogen (secondary N) is 2. The molecule has 2 amide bonds. The molecule has 0 unspecified atom stereocenters. The Bertz CT molecular complexity index is 937. The van der Waals surface area contributed by atoms with Gasteiger partial charge in [0.05, 0.1) is 30.1 Å². The molecule has 7 heteroatoms. The number of nitrogens with zero attached hydrogens (tertiary/aromatic N) is 1. The number of aromatic nitrogens is 1. The molecule has 1 aromatic heterocycles. The highest BCUT2D eigenvalue weighted by Gasteiger charge is 2.13. The number of hydrogen-bond acceptors (Lipinski definition) is 5. The minimum atomic E-state index is -0.389. The molecule has 0 saturated heterocycles. The number of carbonyl (C=O) groups is 1. The summed E-state index contributed by atoms with van der Waals surface area (Å²) in [5.41, 5.74) is 3.73. The van der Waals surface area contributed by atoms with Gasteiger partial charge in [0.2, 0.25) is 0 Å². The molecule has 0 radical (unpaired) electrons. The first-order chi connectivity index (χ1) is 12.0. The molecule has 0 spiro atoms. The zero-order valence-electron chi connectivity index (χ0n) is 14.5. The van der Waals surface area contributed by atoms with Gasteiger partial charge in [0, 0.05) is 6.07 Å². The Labute approximate surface area is 149 Å². The van der Waals surface area contributed by atoms with E-state index in [1.54, 1.807) is 32.4 Å². The van der Waals surface area contributed by atoms with Crippen LogP contribution >= 0.6 is 11.3 Å². The molecule has 0 saturated carbocycles. The minimum Gasteiger partial charge on any atom is -0.497 e. The molecule has 2 N–H and O–H groups in total. The average molecular weight is 357 g/mol. The molecule has 1 heterocycles. The molecule has 130 valence electrons. The van der Waals surface area contributed by atoms with Crippen LogP contribution in [0.2, 0.25) is 0 Å². The number of benzene rings is 2. The second-order valence-corrected chi connectivity index (χ2v) is 6.55. The first kappa shape index (κ1) is 17.0. The van der Waals surface area contributed by atoms with E-state index in [9.17, 15) is 4.79 Å². The number of ether oxygens (including phenoxy) is 2. The van der Waals surface area contributed by atoms with Gasteiger partial charge >= 0.3 is 6.03 Å². The van der Waals surface area contributed by atoms with Crippen LogP contribution in [0, 0.1) is 13.8 Å². The Hall–Kier alpha value is -2.80. The summed E-state index contributed by atoms with van der Waals surface area (Å²) in [6.07, 6.45) is 0. The van der Waals surface area contributed by atoms with Crippen LogP contribution in [0.5, 0.6) is 11.5 Å². The summed E-state index contributed by atoms with van der Waals surface area (Å²) < 4.78 is 11.5. The number of aryl methyl sites for hydroxylation is 2. The third-order valence-corrected chi connectivity index (χ3v) is 4.90. The van der Waals surface area contributed by atoms with Crippen LogP contribution in [0.15, 0.2) is 30.3 Å². The normalized spacial score (nSPS) is 10.6. The lowest BCUT2D eigenvalue weighted by Crippen LogP contribution is -2.19. The predicted octanol–water partition coefficient (Wildman–Crippen LogP) is 4.57. The van der Waals surface area contributed by atoms with Gasteiger partial charge in [-0.15, -0.1) is 0 Å². The molecule has 0 aliphatic heterocycles. The third-order valence-electron chi connectivity index (χ3n) is 3.96. The van der Waals surface area contributed by atoms with Crippen LogP contribution in [0.3, 0.4) is 0 Å². The number of rotatable bonds is 4. The Morgan fingerprint density at radius 2 is 1.88 bits per heavy atom. The smallest absolute Gasteiger partial charge is 0.325 e. The molecule has 0 fully saturated rings. The molecule has 3 aromatic rings. The number of methoxy groups -OCH3 is 2. The second-order valence-electron chi connectivity index (χ2n) is 5.52. The van der Waals surface area contributed by atoms with Crippen molar-refractivity contribution in [2.24, 2.45) is 0 Å². The summed E-state index contributed by atoms with van der Waals surface area (Å²) in [5, 5.41) is 6.09. The molecular weight excluding hydrogens is 338 g/mol. The molecule has 3 rings (SSSR count). The quantitative estimate of drug-likeness (QED) is 0.717. The minimum absolute atomic E-state index is 0.389. The molecule has 2 aromatic carbocycles. The van der Waals surface area contributed by atoms with Crippen molar-refractivity contribution in [1.82, 2.24) is 4.98 Å². The monoisotopic (exact) mass is 357 g/mol. The lowest BCUT2D eigenvalue weighted by Gasteiger charge is -2.11. The van der Waals surface area contributed by atoms with Gasteiger partial charge in [0.15, 0.2) is 5.13 Å². The fourth-order valence-corrected chi connectivity index (χ4v) is 3.36. The number of fused-ring (bicyclic) bond motifs is 1. The summed E-state index contributed by atoms with van der Waals surface area (Å²) in [4.78, 5) is 16.8. The van der Waals surface area contributed by atoms with Crippen molar-refractivity contribution in [3.8, 4) is 11.5 Å². The van der Waals surface area contributed by atoms with Gasteiger partial charge < -0.3 is 14.8 Å². The van der Waals surface area contributed by atoms with Crippen LogP contribution < -0.4 is 20.1 Å². The van der Waals surface area contributed by atoms with Gasteiger partial charge in [0.1, 0.15) is 11.5 Å². The van der Waals surface area contributed by atoms with Crippen LogP contribution in [0.1, 0.15) is 11.1 Å². The molecule has 0 aliphatic rings. The van der Waals surface area contributed by atoms with Gasteiger partial charge in [-0.25, -0.2) is 9.78 Å². The first-order valence-corrected chi connectivity index (χ1v) is 8.50. The molecular formula is C18H19N3O3S. The zero-order valence-corrected chi connectivity index (χ0v) is 15.3. The molecule has 6 nitrogen and oxygen atoms in total. The maximum Gasteiger partial charge on any atom is 0.325 e. The third kappa shape index (κ3) is 3.51. The molecule has 0 bridgehead atoms. The number of anilines is 2. The average Bonchev–Trinajstić information content (AvgIpc) is 3.01. The molecule has 0 atom stereocenters. The number of urea groups is 1. The SMILES string of the molecule is COc1ccc(OC)c(NC(=O)Nc2nc3c(C)c(C)ccc3s2)c1. The summed E-state index contributed by atoms with van der Waals surface area (Å²) in [5.74, 6) is 1.17. The van der Waals surface area contributed by atoms with Gasteiger partial charge in [-0.3, -0.25) is 5.32 Å². The highest BCUT2D eigenvalue weighted by Crippen LogP contribution is 2.31. The van der Waals surface area contributed by atoms with E-state index in [1.165, 1.54) is 16.9 Å². The van der Waals surface area contributed by atoms with Crippen molar-refractivity contribution < 1.29 is 14.3 Å². The van der Waals surface area contributed by atoms with Crippen molar-refractivity contribution in [2.45, 2.75) is 13.8 Å². The zero-order chi connectivity index (χ0) is 18.0. The Balaban J connectivity index is 1.80. The van der Waals surface area contributed by atoms with E-state index in [2.05, 4.69) is 21.7 Å². The van der Waals surface area contributed by atoms with Crippen LogP contribution in [0.4, 0.5) is 15.6 Å². The van der Waals surface area contributed by atoms with E-state index >= 15 is 0 Å². The van der Waals surface area contributed by atoms with E-state index in [4.69, 9.17) is 9.47 Å². The standard InChI is InChI=1S/C18H19N3O3S/c1-10-5-8-15-16(11(10)2)20-18(25-15)21-17(22)19-13-9-12(23-3)6-7-14(13)24-4/h5-9H,1-4H3,(H2,19,20,21,22). The largest absolute Gasteiger partial charge is 0.497 e. The summed E-state index contributed by atoms with van der Waals surface area (Å²) >= 11 is 1.44. The summed E-state index contributed by atoms with van der Waals surface area (Å²) in [6, 6.07) is 8.88. The van der Waals surface area contributed by atoms with Crippen molar-refractivity contribution >= 4 is 38.4 Å². The van der Waals surface area contributed by atoms with Gasteiger partial charge in [0.25, 0.3) is 0 Å². The Morgan fingerprint density at radius 3 is 2.60 bits per heavy atom. The van der Waals surface area contributed by atoms with Crippen molar-refractivity contribution in [2.75, 3.05) is 24.9 Å². The summed E-state index contributed by atoms with van der Waals surface area (Å²) in [7, 11) is 3.11.